The van der Waals surface area contributed by atoms with E-state index in [1.165, 1.54) is 0 Å². The first-order valence-corrected chi connectivity index (χ1v) is 9.48. The summed E-state index contributed by atoms with van der Waals surface area (Å²) in [6.07, 6.45) is 3.02. The Morgan fingerprint density at radius 2 is 2.04 bits per heavy atom. The second-order valence-corrected chi connectivity index (χ2v) is 7.65. The van der Waals surface area contributed by atoms with Crippen LogP contribution in [0.4, 0.5) is 0 Å². The fourth-order valence-corrected chi connectivity index (χ4v) is 4.82. The maximum Gasteiger partial charge on any atom is 0.424 e. The van der Waals surface area contributed by atoms with Crippen molar-refractivity contribution in [3.05, 3.63) is 63.3 Å². The molecular formula is C21H20N2O5. The molecule has 2 bridgehead atoms. The van der Waals surface area contributed by atoms with E-state index in [1.807, 2.05) is 24.3 Å². The van der Waals surface area contributed by atoms with Crippen molar-refractivity contribution in [1.82, 2.24) is 9.88 Å². The molecule has 1 aromatic carbocycles. The molecule has 0 saturated carbocycles. The Hall–Kier alpha value is -2.77. The number of rotatable bonds is 3. The minimum atomic E-state index is -1.11. The summed E-state index contributed by atoms with van der Waals surface area (Å²) in [4.78, 5) is 30.0. The van der Waals surface area contributed by atoms with Crippen LogP contribution in [0.5, 0.6) is 0 Å². The second kappa shape index (κ2) is 6.39. The topological polar surface area (TPSA) is 96.8 Å². The Bertz CT molecular complexity index is 1200. The van der Waals surface area contributed by atoms with Gasteiger partial charge in [0.2, 0.25) is 5.58 Å². The van der Waals surface area contributed by atoms with Crippen molar-refractivity contribution in [1.29, 1.82) is 0 Å². The van der Waals surface area contributed by atoms with Gasteiger partial charge in [0.1, 0.15) is 0 Å². The number of hydrogen-bond acceptors (Lipinski definition) is 7. The molecule has 144 valence electrons. The average Bonchev–Trinajstić information content (AvgIpc) is 2.73. The third kappa shape index (κ3) is 2.54. The Balaban J connectivity index is 1.70. The number of nitrogens with zero attached hydrogens (tertiary/aromatic N) is 2. The average molecular weight is 380 g/mol. The van der Waals surface area contributed by atoms with Gasteiger partial charge < -0.3 is 13.9 Å². The lowest BCUT2D eigenvalue weighted by Gasteiger charge is -2.50. The molecule has 0 aliphatic carbocycles. The summed E-state index contributed by atoms with van der Waals surface area (Å²) in [6.45, 7) is 5.71. The lowest BCUT2D eigenvalue weighted by molar-refractivity contribution is -0.0443. The summed E-state index contributed by atoms with van der Waals surface area (Å²) in [5.41, 5.74) is -1.22. The molecule has 6 rings (SSSR count). The summed E-state index contributed by atoms with van der Waals surface area (Å²) in [5, 5.41) is 12.1. The molecule has 0 spiro atoms. The molecule has 28 heavy (non-hydrogen) atoms. The van der Waals surface area contributed by atoms with Crippen LogP contribution in [0.15, 0.2) is 55.3 Å². The van der Waals surface area contributed by atoms with Gasteiger partial charge in [0.05, 0.1) is 11.6 Å². The molecule has 1 unspecified atom stereocenters. The van der Waals surface area contributed by atoms with Crippen LogP contribution in [0, 0.1) is 11.8 Å². The fraction of sp³-hybridized carbons (Fsp3) is 0.381. The summed E-state index contributed by atoms with van der Waals surface area (Å²) in [6, 6.07) is 7.15. The number of piperidine rings is 3. The third-order valence-electron chi connectivity index (χ3n) is 6.22. The number of para-hydroxylation sites is 1. The van der Waals surface area contributed by atoms with Crippen molar-refractivity contribution < 1.29 is 13.9 Å². The zero-order valence-corrected chi connectivity index (χ0v) is 15.2. The maximum atomic E-state index is 11.8. The third-order valence-corrected chi connectivity index (χ3v) is 6.22. The molecule has 1 N–H and O–H groups in total. The van der Waals surface area contributed by atoms with E-state index >= 15 is 0 Å². The number of aromatic nitrogens is 1. The quantitative estimate of drug-likeness (QED) is 0.423. The van der Waals surface area contributed by atoms with Crippen LogP contribution < -0.4 is 11.3 Å². The largest absolute Gasteiger partial charge is 0.424 e. The standard InChI is InChI=1S/C21H20N2O5/c1-2-11-10-23-8-7-12(11)9-15(23)17(24)16-13-5-3-4-6-14(13)22-19-18(16)27-20(25)21(26)28-19/h2-6,11-12,15,17,24H,1,7-10H2/t11-,12+,15+,17+/m1/s1. The van der Waals surface area contributed by atoms with Gasteiger partial charge in [-0.05, 0) is 37.3 Å². The predicted molar refractivity (Wildman–Crippen MR) is 103 cm³/mol. The molecule has 0 radical (unpaired) electrons. The van der Waals surface area contributed by atoms with Crippen LogP contribution in [-0.4, -0.2) is 34.1 Å². The van der Waals surface area contributed by atoms with E-state index < -0.39 is 17.4 Å². The van der Waals surface area contributed by atoms with E-state index in [9.17, 15) is 14.7 Å². The maximum absolute atomic E-state index is 11.8. The Morgan fingerprint density at radius 3 is 2.79 bits per heavy atom. The summed E-state index contributed by atoms with van der Waals surface area (Å²) < 4.78 is 10.3. The van der Waals surface area contributed by atoms with Gasteiger partial charge in [0.25, 0.3) is 5.71 Å². The molecule has 7 heteroatoms. The SMILES string of the molecule is C=C[C@@H]1CN2CC[C@H]1C[C@H]2[C@H](O)c1c2ccccc2nc2oc(=O)c(=O)oc12. The monoisotopic (exact) mass is 380 g/mol. The van der Waals surface area contributed by atoms with Crippen LogP contribution in [-0.2, 0) is 0 Å². The van der Waals surface area contributed by atoms with Gasteiger partial charge in [-0.15, -0.1) is 6.58 Å². The number of hydrogen-bond donors (Lipinski definition) is 1. The van der Waals surface area contributed by atoms with Crippen LogP contribution >= 0.6 is 0 Å². The Kier molecular flexibility index (Phi) is 3.96. The number of fused-ring (bicyclic) bond motifs is 5. The van der Waals surface area contributed by atoms with E-state index in [0.29, 0.717) is 28.3 Å². The second-order valence-electron chi connectivity index (χ2n) is 7.65. The number of benzene rings is 1. The van der Waals surface area contributed by atoms with Crippen LogP contribution in [0.1, 0.15) is 24.5 Å². The first kappa shape index (κ1) is 17.3. The molecule has 3 fully saturated rings. The minimum absolute atomic E-state index is 0.0405. The Morgan fingerprint density at radius 1 is 1.25 bits per heavy atom. The molecule has 0 amide bonds. The molecule has 3 aliphatic rings. The van der Waals surface area contributed by atoms with Gasteiger partial charge in [-0.1, -0.05) is 24.3 Å². The molecular weight excluding hydrogens is 360 g/mol. The van der Waals surface area contributed by atoms with E-state index in [-0.39, 0.29) is 17.3 Å². The predicted octanol–water partition coefficient (Wildman–Crippen LogP) is 2.22. The molecule has 3 aliphatic heterocycles. The van der Waals surface area contributed by atoms with Crippen molar-refractivity contribution >= 4 is 22.2 Å². The lowest BCUT2D eigenvalue weighted by atomic mass is 9.73. The van der Waals surface area contributed by atoms with Crippen molar-refractivity contribution in [2.75, 3.05) is 13.1 Å². The first-order chi connectivity index (χ1) is 13.6. The highest BCUT2D eigenvalue weighted by Gasteiger charge is 2.43. The van der Waals surface area contributed by atoms with E-state index in [1.54, 1.807) is 6.07 Å². The van der Waals surface area contributed by atoms with Gasteiger partial charge in [0, 0.05) is 23.5 Å². The molecule has 2 aromatic heterocycles. The van der Waals surface area contributed by atoms with Crippen molar-refractivity contribution in [2.24, 2.45) is 11.8 Å². The van der Waals surface area contributed by atoms with Gasteiger partial charge in [0.15, 0.2) is 0 Å². The fourth-order valence-electron chi connectivity index (χ4n) is 4.82. The van der Waals surface area contributed by atoms with E-state index in [4.69, 9.17) is 8.83 Å². The summed E-state index contributed by atoms with van der Waals surface area (Å²) in [7, 11) is 0. The van der Waals surface area contributed by atoms with Crippen molar-refractivity contribution in [3.8, 4) is 0 Å². The highest BCUT2D eigenvalue weighted by molar-refractivity contribution is 5.93. The Labute approximate surface area is 159 Å². The van der Waals surface area contributed by atoms with Crippen molar-refractivity contribution in [2.45, 2.75) is 25.0 Å². The number of pyridine rings is 1. The highest BCUT2D eigenvalue weighted by Crippen LogP contribution is 2.43. The summed E-state index contributed by atoms with van der Waals surface area (Å²) >= 11 is 0. The molecule has 3 saturated heterocycles. The van der Waals surface area contributed by atoms with Crippen LogP contribution in [0.25, 0.3) is 22.2 Å². The van der Waals surface area contributed by atoms with Gasteiger partial charge in [-0.2, -0.15) is 0 Å². The molecule has 5 heterocycles. The van der Waals surface area contributed by atoms with Crippen LogP contribution in [0.3, 0.4) is 0 Å². The van der Waals surface area contributed by atoms with E-state index in [0.717, 1.165) is 25.9 Å². The first-order valence-electron chi connectivity index (χ1n) is 9.48. The number of aliphatic hydroxyl groups excluding tert-OH is 1. The molecule has 7 nitrogen and oxygen atoms in total. The van der Waals surface area contributed by atoms with E-state index in [2.05, 4.69) is 16.5 Å². The van der Waals surface area contributed by atoms with Crippen LogP contribution in [0.2, 0.25) is 0 Å². The van der Waals surface area contributed by atoms with Gasteiger partial charge in [-0.3, -0.25) is 4.90 Å². The zero-order chi connectivity index (χ0) is 19.4. The molecule has 3 aromatic rings. The smallest absolute Gasteiger partial charge is 0.412 e. The highest BCUT2D eigenvalue weighted by atomic mass is 16.5. The summed E-state index contributed by atoms with van der Waals surface area (Å²) in [5.74, 6) is 0.908. The minimum Gasteiger partial charge on any atom is -0.412 e. The normalized spacial score (nSPS) is 27.9. The van der Waals surface area contributed by atoms with Crippen molar-refractivity contribution in [3.63, 3.8) is 0 Å². The number of aliphatic hydroxyl groups is 1. The zero-order valence-electron chi connectivity index (χ0n) is 15.2. The van der Waals surface area contributed by atoms with Gasteiger partial charge >= 0.3 is 11.3 Å². The molecule has 5 atom stereocenters. The lowest BCUT2D eigenvalue weighted by Crippen LogP contribution is -2.54. The van der Waals surface area contributed by atoms with Gasteiger partial charge in [-0.25, -0.2) is 14.6 Å².